The molecule has 0 spiro atoms. The molecule has 0 saturated carbocycles. The summed E-state index contributed by atoms with van der Waals surface area (Å²) in [5.74, 6) is -0.625. The first-order valence-corrected chi connectivity index (χ1v) is 16.7. The summed E-state index contributed by atoms with van der Waals surface area (Å²) in [6, 6.07) is 2.40. The first-order valence-electron chi connectivity index (χ1n) is 15.9. The van der Waals surface area contributed by atoms with Crippen LogP contribution in [0.15, 0.2) is 5.16 Å². The Labute approximate surface area is 278 Å². The van der Waals surface area contributed by atoms with Gasteiger partial charge in [-0.3, -0.25) is 4.90 Å². The number of likely N-dealkylation sites (tertiary alicyclic amines) is 1. The predicted molar refractivity (Wildman–Crippen MR) is 176 cm³/mol. The maximum atomic E-state index is 13.5. The summed E-state index contributed by atoms with van der Waals surface area (Å²) in [5, 5.41) is 14.1. The van der Waals surface area contributed by atoms with Crippen molar-refractivity contribution < 1.29 is 23.9 Å². The number of aryl methyl sites for hydroxylation is 1. The number of carbonyl (C=O) groups excluding carboxylic acids is 2. The third-order valence-corrected chi connectivity index (χ3v) is 9.97. The largest absolute Gasteiger partial charge is 0.459 e. The first kappa shape index (κ1) is 34.1. The molecule has 16 heteroatoms. The van der Waals surface area contributed by atoms with Gasteiger partial charge in [0.25, 0.3) is 0 Å². The smallest absolute Gasteiger partial charge is 0.410 e. The lowest BCUT2D eigenvalue weighted by Gasteiger charge is -2.35. The zero-order valence-corrected chi connectivity index (χ0v) is 28.7. The summed E-state index contributed by atoms with van der Waals surface area (Å²) in [6.07, 6.45) is 3.39. The van der Waals surface area contributed by atoms with Crippen molar-refractivity contribution in [3.8, 4) is 12.1 Å². The average molecular weight is 669 g/mol. The highest BCUT2D eigenvalue weighted by atomic mass is 32.1. The maximum Gasteiger partial charge on any atom is 0.410 e. The van der Waals surface area contributed by atoms with Crippen molar-refractivity contribution in [2.75, 3.05) is 50.4 Å². The van der Waals surface area contributed by atoms with E-state index in [2.05, 4.69) is 38.1 Å². The number of likely N-dealkylation sites (N-methyl/N-ethyl adjacent to an activating group) is 1. The third kappa shape index (κ3) is 7.36. The van der Waals surface area contributed by atoms with Crippen molar-refractivity contribution >= 4 is 40.2 Å². The number of rotatable bonds is 7. The Kier molecular flexibility index (Phi) is 9.78. The van der Waals surface area contributed by atoms with Crippen LogP contribution < -0.4 is 21.1 Å². The van der Waals surface area contributed by atoms with Gasteiger partial charge in [-0.1, -0.05) is 5.16 Å². The SMILES string of the molecule is C[C@H](Oc1nc(/C(N)=N/OC(=O)[C@@]2(C)CCCc3sc(N)c(C#N)c32)nc(N2CCN(C(=O)OC(C)(C)C)CC2)n1)[C@@H]1CCCN1C. The molecule has 4 heterocycles. The van der Waals surface area contributed by atoms with Crippen molar-refractivity contribution in [2.45, 2.75) is 89.9 Å². The first-order chi connectivity index (χ1) is 22.2. The monoisotopic (exact) mass is 668 g/mol. The van der Waals surface area contributed by atoms with Crippen molar-refractivity contribution in [1.82, 2.24) is 24.8 Å². The highest BCUT2D eigenvalue weighted by Gasteiger charge is 2.45. The molecule has 254 valence electrons. The number of piperazine rings is 1. The van der Waals surface area contributed by atoms with Crippen molar-refractivity contribution in [2.24, 2.45) is 10.9 Å². The van der Waals surface area contributed by atoms with E-state index in [1.807, 2.05) is 32.6 Å². The number of carbonyl (C=O) groups is 2. The maximum absolute atomic E-state index is 13.5. The van der Waals surface area contributed by atoms with Crippen LogP contribution in [0.25, 0.3) is 0 Å². The average Bonchev–Trinajstić information content (AvgIpc) is 3.61. The molecule has 3 atom stereocenters. The molecule has 0 radical (unpaired) electrons. The minimum absolute atomic E-state index is 0.0219. The highest BCUT2D eigenvalue weighted by molar-refractivity contribution is 7.16. The van der Waals surface area contributed by atoms with Crippen LogP contribution in [-0.4, -0.2) is 100 Å². The van der Waals surface area contributed by atoms with E-state index in [-0.39, 0.29) is 35.9 Å². The molecule has 0 bridgehead atoms. The molecule has 1 aliphatic carbocycles. The molecular formula is C31H44N10O5S. The second-order valence-electron chi connectivity index (χ2n) is 13.5. The predicted octanol–water partition coefficient (Wildman–Crippen LogP) is 2.76. The molecule has 3 aliphatic rings. The van der Waals surface area contributed by atoms with Gasteiger partial charge in [-0.2, -0.15) is 20.2 Å². The summed E-state index contributed by atoms with van der Waals surface area (Å²) < 4.78 is 11.8. The van der Waals surface area contributed by atoms with E-state index in [9.17, 15) is 14.9 Å². The zero-order valence-electron chi connectivity index (χ0n) is 27.9. The minimum Gasteiger partial charge on any atom is -0.459 e. The summed E-state index contributed by atoms with van der Waals surface area (Å²) in [4.78, 5) is 51.8. The third-order valence-electron chi connectivity index (χ3n) is 8.89. The van der Waals surface area contributed by atoms with Gasteiger partial charge in [0.2, 0.25) is 17.6 Å². The van der Waals surface area contributed by atoms with Crippen LogP contribution in [0.2, 0.25) is 0 Å². The van der Waals surface area contributed by atoms with Crippen molar-refractivity contribution in [3.63, 3.8) is 0 Å². The number of nitrogen functional groups attached to an aromatic ring is 1. The molecule has 2 aliphatic heterocycles. The number of fused-ring (bicyclic) bond motifs is 1. The Morgan fingerprint density at radius 2 is 1.87 bits per heavy atom. The fraction of sp³-hybridized carbons (Fsp3) is 0.645. The zero-order chi connectivity index (χ0) is 34.1. The normalized spacial score (nSPS) is 22.7. The van der Waals surface area contributed by atoms with Gasteiger partial charge in [-0.25, -0.2) is 9.59 Å². The molecule has 2 aromatic heterocycles. The molecule has 1 amide bonds. The summed E-state index contributed by atoms with van der Waals surface area (Å²) >= 11 is 1.33. The van der Waals surface area contributed by atoms with Crippen molar-refractivity contribution in [1.29, 1.82) is 5.26 Å². The summed E-state index contributed by atoms with van der Waals surface area (Å²) in [6.45, 7) is 11.8. The molecule has 2 saturated heterocycles. The molecule has 0 unspecified atom stereocenters. The summed E-state index contributed by atoms with van der Waals surface area (Å²) in [5.41, 5.74) is 11.6. The van der Waals surface area contributed by atoms with Crippen LogP contribution in [0.3, 0.4) is 0 Å². The van der Waals surface area contributed by atoms with Crippen LogP contribution in [0, 0.1) is 11.3 Å². The number of hydrogen-bond acceptors (Lipinski definition) is 14. The van der Waals surface area contributed by atoms with E-state index in [0.29, 0.717) is 54.7 Å². The topological polar surface area (TPSA) is 198 Å². The standard InChI is InChI=1S/C31H44N10O5S/c1-18(20-9-8-12-39(20)6)44-28-36-25(35-27(37-28)40-13-15-41(16-14-40)29(43)45-30(2,3)4)23(33)38-46-26(42)31(5)11-7-10-21-22(31)19(17-32)24(34)47-21/h18,20H,7-16,34H2,1-6H3,(H2,33,38)/t18-,20-,31-/m0/s1. The molecule has 2 aromatic rings. The van der Waals surface area contributed by atoms with Gasteiger partial charge in [0.1, 0.15) is 22.8 Å². The van der Waals surface area contributed by atoms with Gasteiger partial charge in [0.05, 0.1) is 11.0 Å². The lowest BCUT2D eigenvalue weighted by atomic mass is 9.72. The van der Waals surface area contributed by atoms with E-state index in [1.165, 1.54) is 11.3 Å². The van der Waals surface area contributed by atoms with Crippen LogP contribution in [-0.2, 0) is 26.2 Å². The second-order valence-corrected chi connectivity index (χ2v) is 14.6. The fourth-order valence-corrected chi connectivity index (χ4v) is 7.57. The Hall–Kier alpha value is -4.23. The number of nitrogens with two attached hydrogens (primary N) is 2. The van der Waals surface area contributed by atoms with Crippen LogP contribution in [0.1, 0.15) is 82.1 Å². The fourth-order valence-electron chi connectivity index (χ4n) is 6.38. The number of amides is 1. The van der Waals surface area contributed by atoms with Crippen LogP contribution in [0.4, 0.5) is 15.7 Å². The molecule has 0 aromatic carbocycles. The Morgan fingerprint density at radius 3 is 2.51 bits per heavy atom. The summed E-state index contributed by atoms with van der Waals surface area (Å²) in [7, 11) is 2.06. The van der Waals surface area contributed by atoms with Crippen LogP contribution >= 0.6 is 11.3 Å². The molecule has 5 rings (SSSR count). The van der Waals surface area contributed by atoms with Gasteiger partial charge in [-0.15, -0.1) is 11.3 Å². The number of oxime groups is 1. The number of amidine groups is 1. The number of thiophene rings is 1. The van der Waals surface area contributed by atoms with Gasteiger partial charge < -0.3 is 35.6 Å². The van der Waals surface area contributed by atoms with E-state index in [0.717, 1.165) is 37.1 Å². The Balaban J connectivity index is 1.38. The Bertz CT molecular complexity index is 1580. The van der Waals surface area contributed by atoms with Gasteiger partial charge in [0.15, 0.2) is 0 Å². The second kappa shape index (κ2) is 13.5. The Morgan fingerprint density at radius 1 is 1.15 bits per heavy atom. The van der Waals surface area contributed by atoms with Gasteiger partial charge in [-0.05, 0) is 80.3 Å². The lowest BCUT2D eigenvalue weighted by molar-refractivity contribution is -0.150. The van der Waals surface area contributed by atoms with E-state index >= 15 is 0 Å². The van der Waals surface area contributed by atoms with Crippen molar-refractivity contribution in [3.05, 3.63) is 21.8 Å². The lowest BCUT2D eigenvalue weighted by Crippen LogP contribution is -2.50. The van der Waals surface area contributed by atoms with E-state index in [1.54, 1.807) is 11.8 Å². The number of hydrogen-bond donors (Lipinski definition) is 2. The number of anilines is 2. The molecular weight excluding hydrogens is 624 g/mol. The quantitative estimate of drug-likeness (QED) is 0.189. The van der Waals surface area contributed by atoms with Gasteiger partial charge >= 0.3 is 18.1 Å². The number of nitrogens with zero attached hydrogens (tertiary/aromatic N) is 8. The highest BCUT2D eigenvalue weighted by Crippen LogP contribution is 2.46. The van der Waals surface area contributed by atoms with Crippen LogP contribution in [0.5, 0.6) is 6.01 Å². The molecule has 47 heavy (non-hydrogen) atoms. The molecule has 2 fully saturated rings. The molecule has 4 N–H and O–H groups in total. The molecule has 15 nitrogen and oxygen atoms in total. The van der Waals surface area contributed by atoms with E-state index < -0.39 is 17.0 Å². The number of aromatic nitrogens is 3. The van der Waals surface area contributed by atoms with Gasteiger partial charge in [0, 0.05) is 42.7 Å². The number of nitriles is 1. The van der Waals surface area contributed by atoms with E-state index in [4.69, 9.17) is 25.8 Å². The number of ether oxygens (including phenoxy) is 2. The minimum atomic E-state index is -1.12.